The molecule has 10 aliphatic rings. The van der Waals surface area contributed by atoms with Crippen LogP contribution in [-0.4, -0.2) is 92.4 Å². The number of rotatable bonds is 10. The Bertz CT molecular complexity index is 1530. The van der Waals surface area contributed by atoms with Crippen molar-refractivity contribution in [2.24, 2.45) is 47.3 Å². The SMILES string of the molecule is C[C@@H]1CC[C@H]2[C@@H](C)[C@](OCCCS(=O)(=O)CCCO[C@@]3(C(F)(F)F)O[C@@H]4O[C@@]5(C)CC[C@H]6[C@H](C)CC[C@@H]([C@H]3C)[C@@]46OO5)(C(F)(F)F)O[C@@H]3O[C@@]4(C)CC[C@@H]1[C@]32OO4. The predicted octanol–water partition coefficient (Wildman–Crippen LogP) is 7.50. The maximum Gasteiger partial charge on any atom is 0.443 e. The third-order valence-corrected chi connectivity index (χ3v) is 17.0. The molecule has 2 aliphatic carbocycles. The number of sulfone groups is 1. The van der Waals surface area contributed by atoms with Crippen LogP contribution in [0.4, 0.5) is 26.3 Å². The van der Waals surface area contributed by atoms with Gasteiger partial charge < -0.3 is 28.4 Å². The van der Waals surface area contributed by atoms with E-state index < -0.39 is 118 Å². The third-order valence-electron chi connectivity index (χ3n) is 15.1. The number of halogens is 6. The van der Waals surface area contributed by atoms with E-state index in [9.17, 15) is 8.42 Å². The summed E-state index contributed by atoms with van der Waals surface area (Å²) in [6, 6.07) is 0. The van der Waals surface area contributed by atoms with Crippen LogP contribution >= 0.6 is 0 Å². The summed E-state index contributed by atoms with van der Waals surface area (Å²) < 4.78 is 152. The lowest BCUT2D eigenvalue weighted by atomic mass is 9.57. The average molecular weight is 851 g/mol. The second kappa shape index (κ2) is 14.1. The minimum absolute atomic E-state index is 0.120. The van der Waals surface area contributed by atoms with Crippen molar-refractivity contribution < 1.29 is 82.7 Å². The Morgan fingerprint density at radius 3 is 1.32 bits per heavy atom. The van der Waals surface area contributed by atoms with Crippen molar-refractivity contribution in [2.75, 3.05) is 24.7 Å². The molecule has 328 valence electrons. The van der Waals surface area contributed by atoms with Gasteiger partial charge in [-0.05, 0) is 88.9 Å². The first-order valence-electron chi connectivity index (χ1n) is 20.5. The van der Waals surface area contributed by atoms with Gasteiger partial charge in [0, 0.05) is 36.5 Å². The summed E-state index contributed by atoms with van der Waals surface area (Å²) in [4.78, 5) is 23.3. The van der Waals surface area contributed by atoms with Gasteiger partial charge in [0.1, 0.15) is 9.84 Å². The van der Waals surface area contributed by atoms with Crippen LogP contribution in [0.25, 0.3) is 0 Å². The zero-order valence-electron chi connectivity index (χ0n) is 33.2. The van der Waals surface area contributed by atoms with Crippen LogP contribution in [0.15, 0.2) is 0 Å². The maximum atomic E-state index is 15.1. The van der Waals surface area contributed by atoms with E-state index in [2.05, 4.69) is 0 Å². The van der Waals surface area contributed by atoms with Crippen LogP contribution in [-0.2, 0) is 57.8 Å². The topological polar surface area (TPSA) is 126 Å². The molecule has 0 N–H and O–H groups in total. The van der Waals surface area contributed by atoms with E-state index in [0.29, 0.717) is 51.4 Å². The Hall–Kier alpha value is -0.870. The summed E-state index contributed by atoms with van der Waals surface area (Å²) >= 11 is 0. The van der Waals surface area contributed by atoms with Crippen LogP contribution in [0, 0.1) is 47.3 Å². The van der Waals surface area contributed by atoms with Crippen molar-refractivity contribution >= 4 is 9.84 Å². The Morgan fingerprint density at radius 1 is 0.561 bits per heavy atom. The van der Waals surface area contributed by atoms with Gasteiger partial charge in [-0.25, -0.2) is 28.0 Å². The maximum absolute atomic E-state index is 15.1. The summed E-state index contributed by atoms with van der Waals surface area (Å²) in [6.45, 7) is 8.81. The van der Waals surface area contributed by atoms with E-state index in [1.165, 1.54) is 13.8 Å². The van der Waals surface area contributed by atoms with Gasteiger partial charge in [0.2, 0.25) is 11.6 Å². The van der Waals surface area contributed by atoms with Crippen molar-refractivity contribution in [3.8, 4) is 0 Å². The first kappa shape index (κ1) is 42.8. The lowest BCUT2D eigenvalue weighted by molar-refractivity contribution is -0.598. The normalized spacial score (nSPS) is 50.8. The second-order valence-electron chi connectivity index (χ2n) is 18.5. The standard InChI is InChI=1S/C38H56F6O12S/c1-21-9-11-27-23(3)35(37(39,40)41,51-29-33(27)25(21)13-15-31(5,49-29)53-55-33)47-17-7-19-57(45,46)20-8-18-48-36(38(42,43)44)24(4)28-12-10-22(2)26-14-16-32(6)50-30(52-36)34(26,28)56-54-32/h21-30H,7-20H2,1-6H3/t21-,22-,23-,24-,25+,26+,27+,28+,29+,30+,31-,32-,33-,34-,35-,36-/m1/s1. The van der Waals surface area contributed by atoms with Crippen molar-refractivity contribution in [3.63, 3.8) is 0 Å². The Kier molecular flexibility index (Phi) is 10.6. The van der Waals surface area contributed by atoms with Crippen LogP contribution in [0.1, 0.15) is 106 Å². The highest BCUT2D eigenvalue weighted by Gasteiger charge is 2.79. The van der Waals surface area contributed by atoms with Gasteiger partial charge in [-0.15, -0.1) is 0 Å². The first-order chi connectivity index (χ1) is 26.5. The fourth-order valence-electron chi connectivity index (χ4n) is 12.1. The fourth-order valence-corrected chi connectivity index (χ4v) is 13.4. The minimum Gasteiger partial charge on any atom is -0.342 e. The van der Waals surface area contributed by atoms with E-state index in [1.54, 1.807) is 13.8 Å². The van der Waals surface area contributed by atoms with Gasteiger partial charge in [-0.3, -0.25) is 0 Å². The molecule has 8 saturated heterocycles. The molecule has 10 rings (SSSR count). The predicted molar refractivity (Wildman–Crippen MR) is 183 cm³/mol. The van der Waals surface area contributed by atoms with Gasteiger partial charge in [0.25, 0.3) is 11.6 Å². The summed E-state index contributed by atoms with van der Waals surface area (Å²) in [5.41, 5.74) is -2.55. The Labute approximate surface area is 329 Å². The number of fused-ring (bicyclic) bond motifs is 4. The molecule has 0 aromatic rings. The summed E-state index contributed by atoms with van der Waals surface area (Å²) in [5, 5.41) is 0. The van der Waals surface area contributed by atoms with Crippen molar-refractivity contribution in [3.05, 3.63) is 0 Å². The van der Waals surface area contributed by atoms with Gasteiger partial charge in [-0.2, -0.15) is 26.3 Å². The monoisotopic (exact) mass is 850 g/mol. The number of hydrogen-bond acceptors (Lipinski definition) is 12. The van der Waals surface area contributed by atoms with Crippen molar-refractivity contribution in [1.29, 1.82) is 0 Å². The highest BCUT2D eigenvalue weighted by molar-refractivity contribution is 7.91. The highest BCUT2D eigenvalue weighted by Crippen LogP contribution is 2.66. The van der Waals surface area contributed by atoms with Crippen molar-refractivity contribution in [1.82, 2.24) is 0 Å². The molecule has 19 heteroatoms. The van der Waals surface area contributed by atoms with E-state index in [1.807, 2.05) is 13.8 Å². The molecule has 0 aromatic carbocycles. The highest BCUT2D eigenvalue weighted by atomic mass is 32.2. The molecule has 16 atom stereocenters. The average Bonchev–Trinajstić information content (AvgIpc) is 3.49. The van der Waals surface area contributed by atoms with Crippen LogP contribution < -0.4 is 0 Å². The van der Waals surface area contributed by atoms with Crippen molar-refractivity contribution in [2.45, 2.75) is 165 Å². The zero-order chi connectivity index (χ0) is 41.2. The first-order valence-corrected chi connectivity index (χ1v) is 22.4. The minimum atomic E-state index is -5.03. The van der Waals surface area contributed by atoms with E-state index in [-0.39, 0.29) is 36.5 Å². The molecule has 8 heterocycles. The van der Waals surface area contributed by atoms with Crippen LogP contribution in [0.5, 0.6) is 0 Å². The number of ether oxygens (including phenoxy) is 6. The lowest BCUT2D eigenvalue weighted by Gasteiger charge is -2.62. The molecular formula is C38H56F6O12S. The zero-order valence-corrected chi connectivity index (χ0v) is 34.1. The Morgan fingerprint density at radius 2 is 0.947 bits per heavy atom. The van der Waals surface area contributed by atoms with E-state index >= 15 is 26.3 Å². The molecule has 57 heavy (non-hydrogen) atoms. The molecule has 10 fully saturated rings. The van der Waals surface area contributed by atoms with Crippen LogP contribution in [0.3, 0.4) is 0 Å². The number of alkyl halides is 6. The lowest BCUT2D eigenvalue weighted by Crippen LogP contribution is -2.76. The molecule has 2 spiro atoms. The molecule has 0 radical (unpaired) electrons. The second-order valence-corrected chi connectivity index (χ2v) is 20.8. The quantitative estimate of drug-likeness (QED) is 0.123. The Balaban J connectivity index is 0.910. The molecule has 0 unspecified atom stereocenters. The number of hydrogen-bond donors (Lipinski definition) is 0. The van der Waals surface area contributed by atoms with Gasteiger partial charge in [-0.1, -0.05) is 27.7 Å². The van der Waals surface area contributed by atoms with Gasteiger partial charge in [0.05, 0.1) is 24.7 Å². The summed E-state index contributed by atoms with van der Waals surface area (Å²) in [6.07, 6.45) is -9.48. The molecule has 0 aromatic heterocycles. The van der Waals surface area contributed by atoms with Gasteiger partial charge >= 0.3 is 12.4 Å². The fraction of sp³-hybridized carbons (Fsp3) is 1.00. The third kappa shape index (κ3) is 6.47. The summed E-state index contributed by atoms with van der Waals surface area (Å²) in [7, 11) is -3.97. The smallest absolute Gasteiger partial charge is 0.342 e. The molecule has 8 aliphatic heterocycles. The van der Waals surface area contributed by atoms with E-state index in [0.717, 1.165) is 0 Å². The largest absolute Gasteiger partial charge is 0.443 e. The molecule has 2 saturated carbocycles. The van der Waals surface area contributed by atoms with E-state index in [4.69, 9.17) is 48.0 Å². The summed E-state index contributed by atoms with van der Waals surface area (Å²) in [5.74, 6) is -14.1. The van der Waals surface area contributed by atoms with Crippen LogP contribution in [0.2, 0.25) is 0 Å². The molecule has 0 amide bonds. The molecular weight excluding hydrogens is 794 g/mol. The van der Waals surface area contributed by atoms with Gasteiger partial charge in [0.15, 0.2) is 23.8 Å². The molecule has 12 nitrogen and oxygen atoms in total. The molecule has 4 bridgehead atoms.